The molecule has 0 amide bonds. The lowest BCUT2D eigenvalue weighted by Gasteiger charge is -1.98. The van der Waals surface area contributed by atoms with Crippen LogP contribution in [-0.4, -0.2) is 4.98 Å². The zero-order valence-electron chi connectivity index (χ0n) is 7.06. The Balaban J connectivity index is 1.76. The number of rotatable bonds is 4. The summed E-state index contributed by atoms with van der Waals surface area (Å²) in [6.45, 7) is 1.80. The van der Waals surface area contributed by atoms with Crippen molar-refractivity contribution in [2.45, 2.75) is 13.1 Å². The van der Waals surface area contributed by atoms with Crippen molar-refractivity contribution < 1.29 is 0 Å². The highest BCUT2D eigenvalue weighted by atomic mass is 32.1. The van der Waals surface area contributed by atoms with Gasteiger partial charge in [0.25, 0.3) is 0 Å². The Kier molecular flexibility index (Phi) is 3.07. The number of thiophene rings is 1. The van der Waals surface area contributed by atoms with Crippen molar-refractivity contribution >= 4 is 22.7 Å². The standard InChI is InChI=1S/C9H10N2S2/c1-3-12-7-8(1)5-10-6-9-11-2-4-13-9/h1-4,7,10H,5-6H2. The van der Waals surface area contributed by atoms with Crippen LogP contribution >= 0.6 is 22.7 Å². The van der Waals surface area contributed by atoms with E-state index in [0.29, 0.717) is 0 Å². The largest absolute Gasteiger partial charge is 0.306 e. The molecule has 0 atom stereocenters. The minimum Gasteiger partial charge on any atom is -0.306 e. The first-order chi connectivity index (χ1) is 6.45. The molecule has 0 saturated heterocycles. The van der Waals surface area contributed by atoms with Crippen molar-refractivity contribution in [1.29, 1.82) is 0 Å². The van der Waals surface area contributed by atoms with Crippen LogP contribution in [0.4, 0.5) is 0 Å². The maximum atomic E-state index is 4.19. The number of thiazole rings is 1. The van der Waals surface area contributed by atoms with Gasteiger partial charge in [0.1, 0.15) is 5.01 Å². The second-order valence-electron chi connectivity index (χ2n) is 2.66. The highest BCUT2D eigenvalue weighted by Gasteiger charge is 1.95. The summed E-state index contributed by atoms with van der Waals surface area (Å²) in [5, 5.41) is 10.8. The van der Waals surface area contributed by atoms with Crippen molar-refractivity contribution in [1.82, 2.24) is 10.3 Å². The molecule has 0 bridgehead atoms. The van der Waals surface area contributed by atoms with Crippen LogP contribution in [0.2, 0.25) is 0 Å². The van der Waals surface area contributed by atoms with Crippen LogP contribution in [0.25, 0.3) is 0 Å². The molecule has 2 nitrogen and oxygen atoms in total. The number of hydrogen-bond donors (Lipinski definition) is 1. The molecule has 2 aromatic rings. The number of aromatic nitrogens is 1. The zero-order valence-corrected chi connectivity index (χ0v) is 8.70. The van der Waals surface area contributed by atoms with Gasteiger partial charge in [-0.3, -0.25) is 0 Å². The summed E-state index contributed by atoms with van der Waals surface area (Å²) in [7, 11) is 0. The molecule has 0 aliphatic heterocycles. The fraction of sp³-hybridized carbons (Fsp3) is 0.222. The van der Waals surface area contributed by atoms with Gasteiger partial charge < -0.3 is 5.32 Å². The molecule has 0 saturated carbocycles. The summed E-state index contributed by atoms with van der Waals surface area (Å²) in [5.74, 6) is 0. The van der Waals surface area contributed by atoms with E-state index >= 15 is 0 Å². The van der Waals surface area contributed by atoms with Crippen molar-refractivity contribution in [3.05, 3.63) is 39.0 Å². The van der Waals surface area contributed by atoms with Crippen LogP contribution in [0.5, 0.6) is 0 Å². The lowest BCUT2D eigenvalue weighted by atomic mass is 10.3. The lowest BCUT2D eigenvalue weighted by Crippen LogP contribution is -2.11. The van der Waals surface area contributed by atoms with Gasteiger partial charge in [-0.2, -0.15) is 11.3 Å². The fourth-order valence-electron chi connectivity index (χ4n) is 1.05. The maximum absolute atomic E-state index is 4.19. The Hall–Kier alpha value is -0.710. The van der Waals surface area contributed by atoms with Gasteiger partial charge in [0, 0.05) is 24.7 Å². The Labute approximate surface area is 85.3 Å². The van der Waals surface area contributed by atoms with E-state index < -0.39 is 0 Å². The van der Waals surface area contributed by atoms with E-state index in [1.54, 1.807) is 22.7 Å². The smallest absolute Gasteiger partial charge is 0.106 e. The van der Waals surface area contributed by atoms with Crippen molar-refractivity contribution in [3.8, 4) is 0 Å². The molecule has 2 aromatic heterocycles. The molecule has 2 rings (SSSR count). The highest BCUT2D eigenvalue weighted by molar-refractivity contribution is 7.09. The van der Waals surface area contributed by atoms with E-state index in [0.717, 1.165) is 18.1 Å². The summed E-state index contributed by atoms with van der Waals surface area (Å²) in [5.41, 5.74) is 1.35. The minimum absolute atomic E-state index is 0.869. The monoisotopic (exact) mass is 210 g/mol. The Morgan fingerprint density at radius 1 is 1.31 bits per heavy atom. The van der Waals surface area contributed by atoms with Crippen LogP contribution in [0, 0.1) is 0 Å². The fourth-order valence-corrected chi connectivity index (χ4v) is 2.30. The second kappa shape index (κ2) is 4.50. The molecule has 1 N–H and O–H groups in total. The summed E-state index contributed by atoms with van der Waals surface area (Å²) < 4.78 is 0. The molecule has 13 heavy (non-hydrogen) atoms. The van der Waals surface area contributed by atoms with Gasteiger partial charge in [0.05, 0.1) is 0 Å². The molecule has 2 heterocycles. The average molecular weight is 210 g/mol. The van der Waals surface area contributed by atoms with E-state index in [1.165, 1.54) is 5.56 Å². The summed E-state index contributed by atoms with van der Waals surface area (Å²) in [6.07, 6.45) is 1.84. The van der Waals surface area contributed by atoms with E-state index in [2.05, 4.69) is 27.1 Å². The van der Waals surface area contributed by atoms with Gasteiger partial charge in [-0.1, -0.05) is 0 Å². The number of nitrogens with one attached hydrogen (secondary N) is 1. The zero-order chi connectivity index (χ0) is 8.93. The van der Waals surface area contributed by atoms with E-state index in [4.69, 9.17) is 0 Å². The molecule has 0 fully saturated rings. The Bertz CT molecular complexity index is 292. The predicted molar refractivity (Wildman–Crippen MR) is 57.0 cm³/mol. The van der Waals surface area contributed by atoms with Crippen LogP contribution in [0.15, 0.2) is 28.4 Å². The van der Waals surface area contributed by atoms with Gasteiger partial charge in [-0.25, -0.2) is 4.98 Å². The molecular formula is C9H10N2S2. The first-order valence-corrected chi connectivity index (χ1v) is 5.87. The van der Waals surface area contributed by atoms with Crippen molar-refractivity contribution in [3.63, 3.8) is 0 Å². The molecule has 0 unspecified atom stereocenters. The summed E-state index contributed by atoms with van der Waals surface area (Å²) >= 11 is 3.42. The molecule has 68 valence electrons. The van der Waals surface area contributed by atoms with E-state index in [1.807, 2.05) is 11.6 Å². The molecule has 0 aliphatic rings. The van der Waals surface area contributed by atoms with E-state index in [9.17, 15) is 0 Å². The average Bonchev–Trinajstić information content (AvgIpc) is 2.75. The number of hydrogen-bond acceptors (Lipinski definition) is 4. The van der Waals surface area contributed by atoms with Gasteiger partial charge in [-0.15, -0.1) is 11.3 Å². The third kappa shape index (κ3) is 2.62. The van der Waals surface area contributed by atoms with Crippen LogP contribution in [0.1, 0.15) is 10.6 Å². The molecule has 4 heteroatoms. The number of nitrogens with zero attached hydrogens (tertiary/aromatic N) is 1. The SMILES string of the molecule is c1csc(CNCc2ccsc2)n1. The maximum Gasteiger partial charge on any atom is 0.106 e. The first-order valence-electron chi connectivity index (χ1n) is 4.05. The first kappa shape index (κ1) is 8.87. The van der Waals surface area contributed by atoms with Gasteiger partial charge >= 0.3 is 0 Å². The van der Waals surface area contributed by atoms with Crippen LogP contribution in [0.3, 0.4) is 0 Å². The molecule has 0 aromatic carbocycles. The van der Waals surface area contributed by atoms with Crippen molar-refractivity contribution in [2.24, 2.45) is 0 Å². The highest BCUT2D eigenvalue weighted by Crippen LogP contribution is 2.06. The molecule has 0 radical (unpaired) electrons. The summed E-state index contributed by atoms with van der Waals surface area (Å²) in [6, 6.07) is 2.14. The Morgan fingerprint density at radius 3 is 3.00 bits per heavy atom. The molecular weight excluding hydrogens is 200 g/mol. The Morgan fingerprint density at radius 2 is 2.31 bits per heavy atom. The molecule has 0 spiro atoms. The van der Waals surface area contributed by atoms with E-state index in [-0.39, 0.29) is 0 Å². The third-order valence-corrected chi connectivity index (χ3v) is 3.18. The third-order valence-electron chi connectivity index (χ3n) is 1.67. The normalized spacial score (nSPS) is 10.5. The minimum atomic E-state index is 0.869. The van der Waals surface area contributed by atoms with Crippen LogP contribution in [-0.2, 0) is 13.1 Å². The van der Waals surface area contributed by atoms with Crippen molar-refractivity contribution in [2.75, 3.05) is 0 Å². The second-order valence-corrected chi connectivity index (χ2v) is 4.42. The van der Waals surface area contributed by atoms with Gasteiger partial charge in [0.15, 0.2) is 0 Å². The predicted octanol–water partition coefficient (Wildman–Crippen LogP) is 2.49. The van der Waals surface area contributed by atoms with Gasteiger partial charge in [-0.05, 0) is 22.4 Å². The van der Waals surface area contributed by atoms with Crippen LogP contribution < -0.4 is 5.32 Å². The summed E-state index contributed by atoms with van der Waals surface area (Å²) in [4.78, 5) is 4.19. The quantitative estimate of drug-likeness (QED) is 0.838. The molecule has 0 aliphatic carbocycles. The van der Waals surface area contributed by atoms with Gasteiger partial charge in [0.2, 0.25) is 0 Å². The lowest BCUT2D eigenvalue weighted by molar-refractivity contribution is 0.691. The topological polar surface area (TPSA) is 24.9 Å².